The van der Waals surface area contributed by atoms with Crippen LogP contribution in [0.5, 0.6) is 0 Å². The Balaban J connectivity index is 1.69. The van der Waals surface area contributed by atoms with E-state index >= 15 is 0 Å². The van der Waals surface area contributed by atoms with Crippen molar-refractivity contribution in [2.45, 2.75) is 19.3 Å². The number of hydrogen-bond donors (Lipinski definition) is 0. The predicted octanol–water partition coefficient (Wildman–Crippen LogP) is 1.84. The van der Waals surface area contributed by atoms with Crippen molar-refractivity contribution in [3.63, 3.8) is 0 Å². The number of likely N-dealkylation sites (tertiary alicyclic amines) is 1. The van der Waals surface area contributed by atoms with Crippen LogP contribution in [-0.2, 0) is 13.8 Å². The number of benzene rings is 1. The van der Waals surface area contributed by atoms with Crippen LogP contribution in [0.3, 0.4) is 0 Å². The minimum atomic E-state index is -3.62. The van der Waals surface area contributed by atoms with E-state index in [0.29, 0.717) is 17.8 Å². The predicted molar refractivity (Wildman–Crippen MR) is 91.7 cm³/mol. The highest BCUT2D eigenvalue weighted by molar-refractivity contribution is 8.13. The summed E-state index contributed by atoms with van der Waals surface area (Å²) in [5.74, 6) is -0.620. The normalized spacial score (nSPS) is 21.5. The van der Waals surface area contributed by atoms with Gasteiger partial charge < -0.3 is 9.80 Å². The van der Waals surface area contributed by atoms with Gasteiger partial charge in [0.25, 0.3) is 5.91 Å². The van der Waals surface area contributed by atoms with Crippen molar-refractivity contribution < 1.29 is 18.0 Å². The highest BCUT2D eigenvalue weighted by Gasteiger charge is 2.33. The van der Waals surface area contributed by atoms with Crippen LogP contribution in [0.25, 0.3) is 0 Å². The third-order valence-corrected chi connectivity index (χ3v) is 5.71. The van der Waals surface area contributed by atoms with Crippen LogP contribution in [0.4, 0.5) is 5.69 Å². The molecule has 2 heterocycles. The SMILES string of the molecule is O=C(c1ccc(N2CC(CS(=O)(=O)Cl)CC2=O)cc1)N1CCCC1. The number of carbonyl (C=O) groups excluding carboxylic acids is 2. The zero-order valence-corrected chi connectivity index (χ0v) is 14.7. The van der Waals surface area contributed by atoms with Gasteiger partial charge in [-0.25, -0.2) is 8.42 Å². The second-order valence-electron chi connectivity index (χ2n) is 6.33. The Morgan fingerprint density at radius 3 is 2.38 bits per heavy atom. The summed E-state index contributed by atoms with van der Waals surface area (Å²) in [5, 5.41) is 0. The molecule has 2 aliphatic rings. The molecule has 3 rings (SSSR count). The molecule has 1 aromatic rings. The summed E-state index contributed by atoms with van der Waals surface area (Å²) >= 11 is 0. The molecule has 0 N–H and O–H groups in total. The second kappa shape index (κ2) is 6.72. The van der Waals surface area contributed by atoms with Gasteiger partial charge in [-0.15, -0.1) is 0 Å². The lowest BCUT2D eigenvalue weighted by molar-refractivity contribution is -0.117. The van der Waals surface area contributed by atoms with E-state index in [1.54, 1.807) is 29.2 Å². The van der Waals surface area contributed by atoms with Crippen molar-refractivity contribution in [1.82, 2.24) is 4.90 Å². The van der Waals surface area contributed by atoms with Crippen molar-refractivity contribution in [2.75, 3.05) is 30.3 Å². The van der Waals surface area contributed by atoms with Crippen molar-refractivity contribution in [2.24, 2.45) is 5.92 Å². The average Bonchev–Trinajstić information content (AvgIpc) is 3.15. The fourth-order valence-corrected chi connectivity index (χ4v) is 4.63. The first-order chi connectivity index (χ1) is 11.3. The van der Waals surface area contributed by atoms with E-state index in [1.165, 1.54) is 0 Å². The Morgan fingerprint density at radius 1 is 1.17 bits per heavy atom. The molecule has 2 aliphatic heterocycles. The number of hydrogen-bond acceptors (Lipinski definition) is 4. The quantitative estimate of drug-likeness (QED) is 0.758. The summed E-state index contributed by atoms with van der Waals surface area (Å²) in [6, 6.07) is 6.90. The fraction of sp³-hybridized carbons (Fsp3) is 0.500. The van der Waals surface area contributed by atoms with Gasteiger partial charge in [0.05, 0.1) is 5.75 Å². The summed E-state index contributed by atoms with van der Waals surface area (Å²) < 4.78 is 22.4. The molecule has 2 saturated heterocycles. The minimum absolute atomic E-state index is 0.0120. The molecule has 1 aromatic carbocycles. The molecule has 0 radical (unpaired) electrons. The van der Waals surface area contributed by atoms with E-state index in [9.17, 15) is 18.0 Å². The second-order valence-corrected chi connectivity index (χ2v) is 9.15. The van der Waals surface area contributed by atoms with Crippen LogP contribution in [0.1, 0.15) is 29.6 Å². The third kappa shape index (κ3) is 3.89. The van der Waals surface area contributed by atoms with Crippen LogP contribution < -0.4 is 4.90 Å². The maximum absolute atomic E-state index is 12.3. The molecule has 2 fully saturated rings. The first-order valence-corrected chi connectivity index (χ1v) is 10.4. The van der Waals surface area contributed by atoms with Crippen molar-refractivity contribution >= 4 is 37.2 Å². The van der Waals surface area contributed by atoms with E-state index in [4.69, 9.17) is 10.7 Å². The van der Waals surface area contributed by atoms with Crippen LogP contribution >= 0.6 is 10.7 Å². The zero-order valence-electron chi connectivity index (χ0n) is 13.2. The minimum Gasteiger partial charge on any atom is -0.339 e. The summed E-state index contributed by atoms with van der Waals surface area (Å²) in [6.45, 7) is 1.91. The topological polar surface area (TPSA) is 74.8 Å². The molecular formula is C16H19ClN2O4S. The van der Waals surface area contributed by atoms with E-state index in [0.717, 1.165) is 25.9 Å². The number of carbonyl (C=O) groups is 2. The monoisotopic (exact) mass is 370 g/mol. The Kier molecular flexibility index (Phi) is 4.83. The van der Waals surface area contributed by atoms with E-state index < -0.39 is 9.05 Å². The third-order valence-electron chi connectivity index (χ3n) is 4.46. The largest absolute Gasteiger partial charge is 0.339 e. The molecule has 24 heavy (non-hydrogen) atoms. The molecule has 1 atom stereocenters. The molecule has 0 saturated carbocycles. The number of amides is 2. The van der Waals surface area contributed by atoms with Crippen molar-refractivity contribution in [1.29, 1.82) is 0 Å². The summed E-state index contributed by atoms with van der Waals surface area (Å²) in [7, 11) is 1.65. The Hall–Kier alpha value is -1.60. The zero-order chi connectivity index (χ0) is 17.3. The van der Waals surface area contributed by atoms with Gasteiger partial charge in [-0.1, -0.05) is 0 Å². The van der Waals surface area contributed by atoms with Gasteiger partial charge >= 0.3 is 0 Å². The van der Waals surface area contributed by atoms with Gasteiger partial charge in [0.1, 0.15) is 0 Å². The summed E-state index contributed by atoms with van der Waals surface area (Å²) in [5.41, 5.74) is 1.28. The van der Waals surface area contributed by atoms with E-state index in [1.807, 2.05) is 4.90 Å². The summed E-state index contributed by atoms with van der Waals surface area (Å²) in [6.07, 6.45) is 2.24. The lowest BCUT2D eigenvalue weighted by Crippen LogP contribution is -2.28. The first kappa shape index (κ1) is 17.2. The van der Waals surface area contributed by atoms with Gasteiger partial charge in [0.2, 0.25) is 15.0 Å². The lowest BCUT2D eigenvalue weighted by Gasteiger charge is -2.18. The van der Waals surface area contributed by atoms with Gasteiger partial charge in [0, 0.05) is 53.9 Å². The van der Waals surface area contributed by atoms with Crippen LogP contribution in [-0.4, -0.2) is 50.5 Å². The maximum atomic E-state index is 12.3. The molecule has 130 valence electrons. The van der Waals surface area contributed by atoms with E-state index in [2.05, 4.69) is 0 Å². The molecule has 2 amide bonds. The maximum Gasteiger partial charge on any atom is 0.253 e. The standard InChI is InChI=1S/C16H19ClN2O4S/c17-24(22,23)11-12-9-15(20)19(10-12)14-5-3-13(4-6-14)16(21)18-7-1-2-8-18/h3-6,12H,1-2,7-11H2. The van der Waals surface area contributed by atoms with Gasteiger partial charge in [-0.05, 0) is 37.1 Å². The van der Waals surface area contributed by atoms with Gasteiger partial charge in [-0.3, -0.25) is 9.59 Å². The number of anilines is 1. The van der Waals surface area contributed by atoms with Crippen molar-refractivity contribution in [3.05, 3.63) is 29.8 Å². The number of halogens is 1. The molecule has 6 nitrogen and oxygen atoms in total. The molecule has 1 unspecified atom stereocenters. The Labute approximate surface area is 145 Å². The number of rotatable bonds is 4. The molecule has 0 bridgehead atoms. The van der Waals surface area contributed by atoms with Crippen LogP contribution in [0.2, 0.25) is 0 Å². The molecule has 0 aromatic heterocycles. The van der Waals surface area contributed by atoms with Gasteiger partial charge in [0.15, 0.2) is 0 Å². The fourth-order valence-electron chi connectivity index (χ4n) is 3.31. The Morgan fingerprint density at radius 2 is 1.79 bits per heavy atom. The number of nitrogens with zero attached hydrogens (tertiary/aromatic N) is 2. The van der Waals surface area contributed by atoms with Crippen LogP contribution in [0.15, 0.2) is 24.3 Å². The van der Waals surface area contributed by atoms with Crippen molar-refractivity contribution in [3.8, 4) is 0 Å². The molecule has 0 spiro atoms. The Bertz CT molecular complexity index is 742. The average molecular weight is 371 g/mol. The summed E-state index contributed by atoms with van der Waals surface area (Å²) in [4.78, 5) is 27.8. The molecule has 8 heteroatoms. The molecule has 0 aliphatic carbocycles. The molecular weight excluding hydrogens is 352 g/mol. The highest BCUT2D eigenvalue weighted by atomic mass is 35.7. The van der Waals surface area contributed by atoms with Gasteiger partial charge in [-0.2, -0.15) is 0 Å². The van der Waals surface area contributed by atoms with Crippen LogP contribution in [0, 0.1) is 5.92 Å². The van der Waals surface area contributed by atoms with E-state index in [-0.39, 0.29) is 29.9 Å². The lowest BCUT2D eigenvalue weighted by atomic mass is 10.1. The first-order valence-electron chi connectivity index (χ1n) is 7.95. The smallest absolute Gasteiger partial charge is 0.253 e. The highest BCUT2D eigenvalue weighted by Crippen LogP contribution is 2.27.